The maximum atomic E-state index is 13.4. The number of nitrogens with zero attached hydrogens (tertiary/aromatic N) is 3. The van der Waals surface area contributed by atoms with Crippen LogP contribution in [0.2, 0.25) is 0 Å². The second-order valence-corrected chi connectivity index (χ2v) is 10.3. The van der Waals surface area contributed by atoms with E-state index < -0.39 is 29.8 Å². The lowest BCUT2D eigenvalue weighted by Gasteiger charge is -2.26. The lowest BCUT2D eigenvalue weighted by atomic mass is 9.97. The first kappa shape index (κ1) is 32.9. The first-order chi connectivity index (χ1) is 19.6. The zero-order valence-corrected chi connectivity index (χ0v) is 24.2. The number of carbonyl (C=O) groups excluding carboxylic acids is 4. The Morgan fingerprint density at radius 3 is 2.59 bits per heavy atom. The molecule has 0 radical (unpaired) electrons. The van der Waals surface area contributed by atoms with Crippen molar-refractivity contribution < 1.29 is 23.9 Å². The van der Waals surface area contributed by atoms with Gasteiger partial charge in [0, 0.05) is 32.3 Å². The summed E-state index contributed by atoms with van der Waals surface area (Å²) in [4.78, 5) is 58.9. The van der Waals surface area contributed by atoms with Gasteiger partial charge in [-0.25, -0.2) is 4.98 Å². The maximum Gasteiger partial charge on any atom is 0.246 e. The Morgan fingerprint density at radius 2 is 1.93 bits per heavy atom. The molecular formula is C26H37N9O5S. The Balaban J connectivity index is 2.13. The molecule has 0 fully saturated rings. The largest absolute Gasteiger partial charge is 0.375 e. The minimum Gasteiger partial charge on any atom is -0.375 e. The Morgan fingerprint density at radius 1 is 1.17 bits per heavy atom. The van der Waals surface area contributed by atoms with Crippen molar-refractivity contribution in [2.75, 3.05) is 32.1 Å². The van der Waals surface area contributed by atoms with Crippen molar-refractivity contribution in [1.82, 2.24) is 20.9 Å². The first-order valence-corrected chi connectivity index (χ1v) is 13.9. The average Bonchev–Trinajstić information content (AvgIpc) is 3.35. The van der Waals surface area contributed by atoms with Crippen molar-refractivity contribution in [3.05, 3.63) is 23.2 Å². The molecule has 2 rings (SSSR count). The van der Waals surface area contributed by atoms with Crippen molar-refractivity contribution in [2.45, 2.75) is 51.6 Å². The molecule has 222 valence electrons. The van der Waals surface area contributed by atoms with E-state index in [1.54, 1.807) is 18.2 Å². The SMILES string of the molecule is CC[C@H](C)[C@H](NC(=O)CCNC(=O)COC)C(=O)N[C@@H](CCCN=C(N)N)C(=O)Nc1ccc2nc(C#N)sc2c1. The number of amides is 4. The average molecular weight is 588 g/mol. The fourth-order valence-corrected chi connectivity index (χ4v) is 4.56. The van der Waals surface area contributed by atoms with E-state index in [1.165, 1.54) is 18.4 Å². The van der Waals surface area contributed by atoms with Crippen LogP contribution in [0.1, 0.15) is 44.5 Å². The Kier molecular flexibility index (Phi) is 13.4. The normalized spacial score (nSPS) is 12.8. The van der Waals surface area contributed by atoms with Gasteiger partial charge in [0.25, 0.3) is 0 Å². The second-order valence-electron chi connectivity index (χ2n) is 9.28. The topological polar surface area (TPSA) is 227 Å². The van der Waals surface area contributed by atoms with Gasteiger partial charge in [-0.2, -0.15) is 5.26 Å². The smallest absolute Gasteiger partial charge is 0.246 e. The fourth-order valence-electron chi connectivity index (χ4n) is 3.76. The van der Waals surface area contributed by atoms with Crippen molar-refractivity contribution in [3.8, 4) is 6.07 Å². The van der Waals surface area contributed by atoms with E-state index in [4.69, 9.17) is 21.5 Å². The molecule has 0 aliphatic carbocycles. The van der Waals surface area contributed by atoms with Crippen LogP contribution in [0, 0.1) is 17.2 Å². The van der Waals surface area contributed by atoms with Gasteiger partial charge in [-0.05, 0) is 37.0 Å². The van der Waals surface area contributed by atoms with Gasteiger partial charge in [0.2, 0.25) is 23.6 Å². The van der Waals surface area contributed by atoms with E-state index in [2.05, 4.69) is 31.2 Å². The van der Waals surface area contributed by atoms with Gasteiger partial charge in [-0.1, -0.05) is 20.3 Å². The quantitative estimate of drug-likeness (QED) is 0.0902. The summed E-state index contributed by atoms with van der Waals surface area (Å²) < 4.78 is 5.46. The molecule has 4 amide bonds. The van der Waals surface area contributed by atoms with E-state index in [9.17, 15) is 19.2 Å². The number of nitrogens with one attached hydrogen (secondary N) is 4. The third-order valence-corrected chi connectivity index (χ3v) is 7.01. The van der Waals surface area contributed by atoms with E-state index in [0.29, 0.717) is 29.1 Å². The minimum absolute atomic E-state index is 0.0360. The van der Waals surface area contributed by atoms with Gasteiger partial charge < -0.3 is 37.5 Å². The number of thiazole rings is 1. The monoisotopic (exact) mass is 587 g/mol. The van der Waals surface area contributed by atoms with Crippen LogP contribution in [0.25, 0.3) is 10.2 Å². The van der Waals surface area contributed by atoms with Crippen LogP contribution in [-0.2, 0) is 23.9 Å². The fraction of sp³-hybridized carbons (Fsp3) is 0.500. The Hall–Kier alpha value is -4.29. The summed E-state index contributed by atoms with van der Waals surface area (Å²) in [6.07, 6.45) is 1.18. The molecule has 1 heterocycles. The van der Waals surface area contributed by atoms with Gasteiger partial charge in [0.05, 0.1) is 10.2 Å². The van der Waals surface area contributed by atoms with E-state index in [0.717, 1.165) is 4.70 Å². The highest BCUT2D eigenvalue weighted by Crippen LogP contribution is 2.25. The van der Waals surface area contributed by atoms with Crippen LogP contribution in [0.15, 0.2) is 23.2 Å². The van der Waals surface area contributed by atoms with Gasteiger partial charge in [-0.15, -0.1) is 11.3 Å². The predicted molar refractivity (Wildman–Crippen MR) is 156 cm³/mol. The highest BCUT2D eigenvalue weighted by Gasteiger charge is 2.30. The summed E-state index contributed by atoms with van der Waals surface area (Å²) in [5.41, 5.74) is 11.9. The molecule has 1 aromatic heterocycles. The van der Waals surface area contributed by atoms with Crippen LogP contribution in [0.4, 0.5) is 5.69 Å². The molecule has 0 unspecified atom stereocenters. The summed E-state index contributed by atoms with van der Waals surface area (Å²) in [5.74, 6) is -2.09. The van der Waals surface area contributed by atoms with Crippen LogP contribution in [-0.4, -0.2) is 73.5 Å². The zero-order chi connectivity index (χ0) is 30.4. The molecule has 15 heteroatoms. The molecule has 8 N–H and O–H groups in total. The Labute approximate surface area is 242 Å². The number of fused-ring (bicyclic) bond motifs is 1. The number of nitrogens with two attached hydrogens (primary N) is 2. The van der Waals surface area contributed by atoms with E-state index in [1.807, 2.05) is 19.9 Å². The molecule has 1 aromatic carbocycles. The number of aliphatic imine (C=N–C) groups is 1. The minimum atomic E-state index is -0.958. The summed E-state index contributed by atoms with van der Waals surface area (Å²) in [7, 11) is 1.39. The van der Waals surface area contributed by atoms with Crippen molar-refractivity contribution >= 4 is 56.8 Å². The number of carbonyl (C=O) groups is 4. The Bertz CT molecular complexity index is 1290. The lowest BCUT2D eigenvalue weighted by Crippen LogP contribution is -2.55. The first-order valence-electron chi connectivity index (χ1n) is 13.1. The van der Waals surface area contributed by atoms with E-state index in [-0.39, 0.29) is 50.3 Å². The third kappa shape index (κ3) is 11.0. The number of rotatable bonds is 16. The summed E-state index contributed by atoms with van der Waals surface area (Å²) in [6.45, 7) is 3.92. The van der Waals surface area contributed by atoms with Crippen LogP contribution in [0.3, 0.4) is 0 Å². The molecule has 2 aromatic rings. The molecule has 0 saturated heterocycles. The van der Waals surface area contributed by atoms with Gasteiger partial charge in [-0.3, -0.25) is 24.2 Å². The van der Waals surface area contributed by atoms with Crippen molar-refractivity contribution in [2.24, 2.45) is 22.4 Å². The number of nitriles is 1. The number of benzene rings is 1. The number of methoxy groups -OCH3 is 1. The number of hydrogen-bond acceptors (Lipinski definition) is 9. The number of aromatic nitrogens is 1. The second kappa shape index (κ2) is 16.7. The predicted octanol–water partition coefficient (Wildman–Crippen LogP) is 0.328. The van der Waals surface area contributed by atoms with Gasteiger partial charge >= 0.3 is 0 Å². The van der Waals surface area contributed by atoms with Crippen molar-refractivity contribution in [1.29, 1.82) is 5.26 Å². The highest BCUT2D eigenvalue weighted by atomic mass is 32.1. The summed E-state index contributed by atoms with van der Waals surface area (Å²) in [6, 6.07) is 5.20. The number of ether oxygens (including phenoxy) is 1. The molecule has 0 aliphatic heterocycles. The lowest BCUT2D eigenvalue weighted by molar-refractivity contribution is -0.132. The molecule has 0 aliphatic rings. The molecule has 14 nitrogen and oxygen atoms in total. The maximum absolute atomic E-state index is 13.4. The van der Waals surface area contributed by atoms with Gasteiger partial charge in [0.15, 0.2) is 11.0 Å². The molecule has 3 atom stereocenters. The molecular weight excluding hydrogens is 550 g/mol. The van der Waals surface area contributed by atoms with E-state index >= 15 is 0 Å². The highest BCUT2D eigenvalue weighted by molar-refractivity contribution is 7.19. The van der Waals surface area contributed by atoms with Gasteiger partial charge in [0.1, 0.15) is 24.8 Å². The zero-order valence-electron chi connectivity index (χ0n) is 23.4. The molecule has 0 saturated carbocycles. The van der Waals surface area contributed by atoms with Crippen LogP contribution < -0.4 is 32.7 Å². The number of hydrogen-bond donors (Lipinski definition) is 6. The van der Waals surface area contributed by atoms with Crippen molar-refractivity contribution in [3.63, 3.8) is 0 Å². The number of guanidine groups is 1. The van der Waals surface area contributed by atoms with Crippen LogP contribution in [0.5, 0.6) is 0 Å². The third-order valence-electron chi connectivity index (χ3n) is 6.09. The molecule has 0 spiro atoms. The standard InChI is InChI=1S/C26H37N9O5S/c1-4-15(2)23(35-20(36)9-11-30-21(37)14-40-3)25(39)34-18(6-5-10-31-26(28)29)24(38)32-16-7-8-17-19(12-16)41-22(13-27)33-17/h7-8,12,15,18,23H,4-6,9-11,14H2,1-3H3,(H,30,37)(H,32,38)(H,34,39)(H,35,36)(H4,28,29,31)/t15-,18-,23-/m0/s1. The molecule has 41 heavy (non-hydrogen) atoms. The number of anilines is 1. The summed E-state index contributed by atoms with van der Waals surface area (Å²) in [5, 5.41) is 20.3. The van der Waals surface area contributed by atoms with Crippen LogP contribution >= 0.6 is 11.3 Å². The summed E-state index contributed by atoms with van der Waals surface area (Å²) >= 11 is 1.20. The molecule has 0 bridgehead atoms.